The minimum atomic E-state index is 0.668. The lowest BCUT2D eigenvalue weighted by Gasteiger charge is -2.36. The van der Waals surface area contributed by atoms with Crippen LogP contribution in [0.1, 0.15) is 16.8 Å². The lowest BCUT2D eigenvalue weighted by atomic mass is 10.0. The molecular weight excluding hydrogens is 340 g/mol. The van der Waals surface area contributed by atoms with Crippen LogP contribution in [0.5, 0.6) is 0 Å². The normalized spacial score (nSPS) is 15.6. The van der Waals surface area contributed by atoms with E-state index in [1.54, 1.807) is 13.4 Å². The first-order chi connectivity index (χ1) is 13.3. The molecule has 0 N–H and O–H groups in total. The first-order valence-corrected chi connectivity index (χ1v) is 9.45. The number of benzene rings is 1. The first-order valence-electron chi connectivity index (χ1n) is 9.45. The molecule has 0 radical (unpaired) electrons. The van der Waals surface area contributed by atoms with Crippen molar-refractivity contribution in [2.45, 2.75) is 13.3 Å². The highest BCUT2D eigenvalue weighted by Gasteiger charge is 2.24. The molecule has 3 heterocycles. The van der Waals surface area contributed by atoms with Gasteiger partial charge in [-0.1, -0.05) is 30.3 Å². The molecule has 0 aliphatic carbocycles. The molecule has 27 heavy (non-hydrogen) atoms. The van der Waals surface area contributed by atoms with E-state index in [4.69, 9.17) is 4.74 Å². The molecule has 1 aliphatic heterocycles. The summed E-state index contributed by atoms with van der Waals surface area (Å²) in [5.41, 5.74) is 3.53. The summed E-state index contributed by atoms with van der Waals surface area (Å²) in [6, 6.07) is 10.5. The van der Waals surface area contributed by atoms with Gasteiger partial charge in [-0.15, -0.1) is 0 Å². The lowest BCUT2D eigenvalue weighted by molar-refractivity contribution is 0.144. The van der Waals surface area contributed by atoms with Crippen LogP contribution in [0.4, 0.5) is 5.82 Å². The van der Waals surface area contributed by atoms with Gasteiger partial charge < -0.3 is 9.64 Å². The second kappa shape index (κ2) is 8.02. The molecular formula is C20H26N6O. The Morgan fingerprint density at radius 2 is 1.85 bits per heavy atom. The van der Waals surface area contributed by atoms with Crippen LogP contribution in [0.2, 0.25) is 0 Å². The third-order valence-corrected chi connectivity index (χ3v) is 5.21. The molecule has 0 saturated carbocycles. The molecule has 2 aromatic heterocycles. The molecule has 142 valence electrons. The number of aromatic nitrogens is 4. The average molecular weight is 366 g/mol. The molecule has 1 aliphatic rings. The summed E-state index contributed by atoms with van der Waals surface area (Å²) in [5.74, 6) is 1.80. The molecule has 0 bridgehead atoms. The lowest BCUT2D eigenvalue weighted by Crippen LogP contribution is -2.48. The van der Waals surface area contributed by atoms with Crippen molar-refractivity contribution in [2.75, 3.05) is 51.3 Å². The van der Waals surface area contributed by atoms with Crippen molar-refractivity contribution in [3.8, 4) is 0 Å². The van der Waals surface area contributed by atoms with Gasteiger partial charge in [0, 0.05) is 57.5 Å². The van der Waals surface area contributed by atoms with Crippen LogP contribution in [0, 0.1) is 6.92 Å². The van der Waals surface area contributed by atoms with Crippen molar-refractivity contribution in [3.63, 3.8) is 0 Å². The Morgan fingerprint density at radius 1 is 1.07 bits per heavy atom. The predicted octanol–water partition coefficient (Wildman–Crippen LogP) is 1.79. The van der Waals surface area contributed by atoms with Gasteiger partial charge in [0.1, 0.15) is 12.1 Å². The van der Waals surface area contributed by atoms with Gasteiger partial charge in [0.05, 0.1) is 6.61 Å². The Hall–Kier alpha value is -2.51. The fourth-order valence-corrected chi connectivity index (χ4v) is 3.70. The number of piperazine rings is 1. The third kappa shape index (κ3) is 3.79. The summed E-state index contributed by atoms with van der Waals surface area (Å²) in [5, 5.41) is 4.47. The van der Waals surface area contributed by atoms with E-state index in [0.29, 0.717) is 5.78 Å². The molecule has 4 rings (SSSR count). The standard InChI is InChI=1S/C20H26N6O/c1-16-18(14-17-6-4-3-5-7-17)19(26-20(23-16)21-15-22-26)25-10-8-24(9-11-25)12-13-27-2/h3-7,15H,8-14H2,1-2H3. The number of hydrogen-bond acceptors (Lipinski definition) is 6. The maximum absolute atomic E-state index is 5.22. The summed E-state index contributed by atoms with van der Waals surface area (Å²) >= 11 is 0. The van der Waals surface area contributed by atoms with Crippen LogP contribution < -0.4 is 4.90 Å². The van der Waals surface area contributed by atoms with Gasteiger partial charge in [-0.3, -0.25) is 4.90 Å². The van der Waals surface area contributed by atoms with E-state index in [2.05, 4.69) is 62.1 Å². The quantitative estimate of drug-likeness (QED) is 0.663. The zero-order chi connectivity index (χ0) is 18.6. The first kappa shape index (κ1) is 17.9. The maximum atomic E-state index is 5.22. The predicted molar refractivity (Wildman–Crippen MR) is 105 cm³/mol. The number of hydrogen-bond donors (Lipinski definition) is 0. The molecule has 0 spiro atoms. The smallest absolute Gasteiger partial charge is 0.254 e. The van der Waals surface area contributed by atoms with Gasteiger partial charge in [-0.05, 0) is 12.5 Å². The van der Waals surface area contributed by atoms with Crippen LogP contribution in [0.3, 0.4) is 0 Å². The molecule has 7 nitrogen and oxygen atoms in total. The van der Waals surface area contributed by atoms with Crippen LogP contribution in [-0.4, -0.2) is 70.9 Å². The number of anilines is 1. The minimum absolute atomic E-state index is 0.668. The van der Waals surface area contributed by atoms with Gasteiger partial charge in [0.15, 0.2) is 0 Å². The topological polar surface area (TPSA) is 58.8 Å². The van der Waals surface area contributed by atoms with Crippen LogP contribution in [-0.2, 0) is 11.2 Å². The largest absolute Gasteiger partial charge is 0.383 e. The van der Waals surface area contributed by atoms with Crippen molar-refractivity contribution in [2.24, 2.45) is 0 Å². The zero-order valence-electron chi connectivity index (χ0n) is 16.0. The Kier molecular flexibility index (Phi) is 5.31. The second-order valence-electron chi connectivity index (χ2n) is 6.96. The molecule has 1 fully saturated rings. The number of fused-ring (bicyclic) bond motifs is 1. The van der Waals surface area contributed by atoms with Gasteiger partial charge in [0.25, 0.3) is 5.78 Å². The zero-order valence-corrected chi connectivity index (χ0v) is 16.0. The average Bonchev–Trinajstić information content (AvgIpc) is 3.16. The van der Waals surface area contributed by atoms with Crippen LogP contribution in [0.25, 0.3) is 5.78 Å². The molecule has 1 saturated heterocycles. The monoisotopic (exact) mass is 366 g/mol. The summed E-state index contributed by atoms with van der Waals surface area (Å²) in [6.07, 6.45) is 2.43. The molecule has 7 heteroatoms. The minimum Gasteiger partial charge on any atom is -0.383 e. The summed E-state index contributed by atoms with van der Waals surface area (Å²) in [4.78, 5) is 13.9. The molecule has 0 atom stereocenters. The van der Waals surface area contributed by atoms with E-state index in [1.165, 1.54) is 11.1 Å². The highest BCUT2D eigenvalue weighted by molar-refractivity contribution is 5.56. The highest BCUT2D eigenvalue weighted by Crippen LogP contribution is 2.27. The van der Waals surface area contributed by atoms with E-state index >= 15 is 0 Å². The van der Waals surface area contributed by atoms with E-state index in [9.17, 15) is 0 Å². The fourth-order valence-electron chi connectivity index (χ4n) is 3.70. The Balaban J connectivity index is 1.66. The molecule has 0 unspecified atom stereocenters. The van der Waals surface area contributed by atoms with Crippen LogP contribution in [0.15, 0.2) is 36.7 Å². The highest BCUT2D eigenvalue weighted by atomic mass is 16.5. The Morgan fingerprint density at radius 3 is 2.59 bits per heavy atom. The second-order valence-corrected chi connectivity index (χ2v) is 6.96. The summed E-state index contributed by atoms with van der Waals surface area (Å²) in [7, 11) is 1.76. The van der Waals surface area contributed by atoms with Gasteiger partial charge in [-0.25, -0.2) is 4.98 Å². The van der Waals surface area contributed by atoms with Gasteiger partial charge in [0.2, 0.25) is 0 Å². The van der Waals surface area contributed by atoms with E-state index in [1.807, 2.05) is 4.52 Å². The number of aryl methyl sites for hydroxylation is 1. The van der Waals surface area contributed by atoms with Crippen LogP contribution >= 0.6 is 0 Å². The maximum Gasteiger partial charge on any atom is 0.254 e. The van der Waals surface area contributed by atoms with Gasteiger partial charge in [-0.2, -0.15) is 14.6 Å². The molecule has 0 amide bonds. The van der Waals surface area contributed by atoms with Crippen molar-refractivity contribution < 1.29 is 4.74 Å². The van der Waals surface area contributed by atoms with E-state index in [-0.39, 0.29) is 0 Å². The number of rotatable bonds is 6. The number of nitrogens with zero attached hydrogens (tertiary/aromatic N) is 6. The molecule has 1 aromatic carbocycles. The molecule has 3 aromatic rings. The van der Waals surface area contributed by atoms with Crippen molar-refractivity contribution >= 4 is 11.6 Å². The Bertz CT molecular complexity index is 886. The SMILES string of the molecule is COCCN1CCN(c2c(Cc3ccccc3)c(C)nc3ncnn23)CC1. The third-order valence-electron chi connectivity index (χ3n) is 5.21. The fraction of sp³-hybridized carbons (Fsp3) is 0.450. The summed E-state index contributed by atoms with van der Waals surface area (Å²) in [6.45, 7) is 7.80. The van der Waals surface area contributed by atoms with Crippen molar-refractivity contribution in [1.82, 2.24) is 24.5 Å². The Labute approximate surface area is 159 Å². The van der Waals surface area contributed by atoms with E-state index < -0.39 is 0 Å². The van der Waals surface area contributed by atoms with E-state index in [0.717, 1.165) is 57.3 Å². The number of ether oxygens (including phenoxy) is 1. The summed E-state index contributed by atoms with van der Waals surface area (Å²) < 4.78 is 7.12. The number of methoxy groups -OCH3 is 1. The van der Waals surface area contributed by atoms with Gasteiger partial charge >= 0.3 is 0 Å². The van der Waals surface area contributed by atoms with Crippen molar-refractivity contribution in [1.29, 1.82) is 0 Å². The van der Waals surface area contributed by atoms with Crippen molar-refractivity contribution in [3.05, 3.63) is 53.5 Å².